The molecule has 0 spiro atoms. The molecule has 0 fully saturated rings. The van der Waals surface area contributed by atoms with E-state index >= 15 is 0 Å². The van der Waals surface area contributed by atoms with Crippen LogP contribution in [0.25, 0.3) is 10.9 Å². The molecule has 0 bridgehead atoms. The minimum absolute atomic E-state index is 0.675. The zero-order valence-electron chi connectivity index (χ0n) is 13.9. The van der Waals surface area contributed by atoms with Crippen LogP contribution in [0.3, 0.4) is 0 Å². The molecule has 1 N–H and O–H groups in total. The summed E-state index contributed by atoms with van der Waals surface area (Å²) in [5.74, 6) is 0.876. The van der Waals surface area contributed by atoms with Crippen molar-refractivity contribution in [3.63, 3.8) is 0 Å². The number of hydrogen-bond donors (Lipinski definition) is 1. The Labute approximate surface area is 133 Å². The number of aromatic nitrogens is 1. The van der Waals surface area contributed by atoms with Crippen LogP contribution < -0.4 is 10.1 Å². The topological polar surface area (TPSA) is 37.4 Å². The van der Waals surface area contributed by atoms with Gasteiger partial charge in [0.2, 0.25) is 0 Å². The van der Waals surface area contributed by atoms with Gasteiger partial charge in [0.1, 0.15) is 5.75 Å². The van der Waals surface area contributed by atoms with E-state index in [9.17, 15) is 0 Å². The number of benzene rings is 1. The average molecular weight is 301 g/mol. The molecule has 0 amide bonds. The molecule has 0 aliphatic heterocycles. The highest BCUT2D eigenvalue weighted by atomic mass is 16.5. The first kappa shape index (κ1) is 16.6. The number of anilines is 1. The van der Waals surface area contributed by atoms with Gasteiger partial charge in [0.15, 0.2) is 0 Å². The van der Waals surface area contributed by atoms with E-state index in [0.717, 1.165) is 54.9 Å². The molecule has 120 valence electrons. The normalized spacial score (nSPS) is 11.1. The Balaban J connectivity index is 1.99. The van der Waals surface area contributed by atoms with Gasteiger partial charge in [-0.1, -0.05) is 13.8 Å². The molecule has 4 nitrogen and oxygen atoms in total. The van der Waals surface area contributed by atoms with Crippen molar-refractivity contribution >= 4 is 16.6 Å². The molecular weight excluding hydrogens is 274 g/mol. The highest BCUT2D eigenvalue weighted by Gasteiger charge is 2.04. The van der Waals surface area contributed by atoms with Crippen molar-refractivity contribution in [1.82, 2.24) is 9.88 Å². The maximum absolute atomic E-state index is 5.54. The fraction of sp³-hybridized carbons (Fsp3) is 0.500. The van der Waals surface area contributed by atoms with Crippen molar-refractivity contribution in [2.45, 2.75) is 27.2 Å². The van der Waals surface area contributed by atoms with Gasteiger partial charge in [0, 0.05) is 29.9 Å². The zero-order chi connectivity index (χ0) is 15.8. The number of nitrogens with zero attached hydrogens (tertiary/aromatic N) is 2. The van der Waals surface area contributed by atoms with E-state index in [2.05, 4.69) is 35.1 Å². The van der Waals surface area contributed by atoms with Crippen LogP contribution in [0.4, 0.5) is 5.69 Å². The van der Waals surface area contributed by atoms with E-state index in [1.165, 1.54) is 0 Å². The van der Waals surface area contributed by atoms with Gasteiger partial charge in [-0.05, 0) is 51.2 Å². The Morgan fingerprint density at radius 2 is 1.95 bits per heavy atom. The van der Waals surface area contributed by atoms with Gasteiger partial charge in [0.25, 0.3) is 0 Å². The molecule has 2 rings (SSSR count). The molecule has 1 aromatic heterocycles. The second-order valence-electron chi connectivity index (χ2n) is 5.28. The highest BCUT2D eigenvalue weighted by Crippen LogP contribution is 2.25. The van der Waals surface area contributed by atoms with Crippen molar-refractivity contribution in [2.75, 3.05) is 38.1 Å². The summed E-state index contributed by atoms with van der Waals surface area (Å²) < 4.78 is 5.54. The van der Waals surface area contributed by atoms with Crippen LogP contribution in [0.1, 0.15) is 27.2 Å². The summed E-state index contributed by atoms with van der Waals surface area (Å²) in [6, 6.07) is 8.13. The lowest BCUT2D eigenvalue weighted by Crippen LogP contribution is -2.25. The molecule has 0 aliphatic carbocycles. The molecule has 0 atom stereocenters. The van der Waals surface area contributed by atoms with Gasteiger partial charge in [-0.15, -0.1) is 0 Å². The second-order valence-corrected chi connectivity index (χ2v) is 5.28. The molecule has 0 radical (unpaired) electrons. The summed E-state index contributed by atoms with van der Waals surface area (Å²) in [5.41, 5.74) is 2.12. The lowest BCUT2D eigenvalue weighted by atomic mass is 10.1. The summed E-state index contributed by atoms with van der Waals surface area (Å²) >= 11 is 0. The number of rotatable bonds is 9. The molecular formula is C18H27N3O. The van der Waals surface area contributed by atoms with Gasteiger partial charge in [-0.25, -0.2) is 0 Å². The van der Waals surface area contributed by atoms with Crippen LogP contribution >= 0.6 is 0 Å². The molecule has 0 unspecified atom stereocenters. The van der Waals surface area contributed by atoms with Crippen molar-refractivity contribution in [3.05, 3.63) is 30.5 Å². The third-order valence-corrected chi connectivity index (χ3v) is 3.89. The smallest absolute Gasteiger partial charge is 0.121 e. The van der Waals surface area contributed by atoms with Gasteiger partial charge in [-0.2, -0.15) is 0 Å². The fourth-order valence-corrected chi connectivity index (χ4v) is 2.60. The lowest BCUT2D eigenvalue weighted by molar-refractivity contribution is 0.303. The standard InChI is InChI=1S/C18H27N3O/c1-4-21(5-2)13-7-11-19-17-10-12-20-18-14-15(22-6-3)8-9-16(17)18/h8-10,12,14H,4-7,11,13H2,1-3H3,(H,19,20). The fourth-order valence-electron chi connectivity index (χ4n) is 2.60. The lowest BCUT2D eigenvalue weighted by Gasteiger charge is -2.18. The Bertz CT molecular complexity index is 582. The molecule has 0 saturated heterocycles. The largest absolute Gasteiger partial charge is 0.494 e. The van der Waals surface area contributed by atoms with Gasteiger partial charge in [-0.3, -0.25) is 4.98 Å². The third kappa shape index (κ3) is 4.34. The van der Waals surface area contributed by atoms with E-state index in [-0.39, 0.29) is 0 Å². The number of pyridine rings is 1. The van der Waals surface area contributed by atoms with Gasteiger partial charge < -0.3 is 15.0 Å². The second kappa shape index (κ2) is 8.59. The maximum atomic E-state index is 5.54. The molecule has 0 saturated carbocycles. The van der Waals surface area contributed by atoms with Crippen molar-refractivity contribution in [2.24, 2.45) is 0 Å². The third-order valence-electron chi connectivity index (χ3n) is 3.89. The quantitative estimate of drug-likeness (QED) is 0.715. The zero-order valence-corrected chi connectivity index (χ0v) is 13.9. The molecule has 22 heavy (non-hydrogen) atoms. The maximum Gasteiger partial charge on any atom is 0.121 e. The first-order valence-electron chi connectivity index (χ1n) is 8.26. The number of hydrogen-bond acceptors (Lipinski definition) is 4. The monoisotopic (exact) mass is 301 g/mol. The Kier molecular flexibility index (Phi) is 6.46. The summed E-state index contributed by atoms with van der Waals surface area (Å²) in [6.45, 7) is 11.4. The van der Waals surface area contributed by atoms with Crippen LogP contribution in [-0.4, -0.2) is 42.7 Å². The summed E-state index contributed by atoms with van der Waals surface area (Å²) in [4.78, 5) is 6.88. The number of nitrogens with one attached hydrogen (secondary N) is 1. The summed E-state index contributed by atoms with van der Waals surface area (Å²) in [7, 11) is 0. The predicted octanol–water partition coefficient (Wildman–Crippen LogP) is 3.78. The first-order chi connectivity index (χ1) is 10.8. The Hall–Kier alpha value is -1.81. The molecule has 1 heterocycles. The van der Waals surface area contributed by atoms with Gasteiger partial charge >= 0.3 is 0 Å². The first-order valence-corrected chi connectivity index (χ1v) is 8.26. The van der Waals surface area contributed by atoms with E-state index in [0.29, 0.717) is 6.61 Å². The van der Waals surface area contributed by atoms with Crippen LogP contribution in [0.2, 0.25) is 0 Å². The Morgan fingerprint density at radius 3 is 2.68 bits per heavy atom. The average Bonchev–Trinajstić information content (AvgIpc) is 2.55. The van der Waals surface area contributed by atoms with Crippen molar-refractivity contribution in [3.8, 4) is 5.75 Å². The van der Waals surface area contributed by atoms with Crippen molar-refractivity contribution in [1.29, 1.82) is 0 Å². The minimum Gasteiger partial charge on any atom is -0.494 e. The van der Waals surface area contributed by atoms with Gasteiger partial charge in [0.05, 0.1) is 12.1 Å². The Morgan fingerprint density at radius 1 is 1.14 bits per heavy atom. The van der Waals surface area contributed by atoms with Crippen molar-refractivity contribution < 1.29 is 4.74 Å². The molecule has 2 aromatic rings. The summed E-state index contributed by atoms with van der Waals surface area (Å²) in [5, 5.41) is 4.68. The van der Waals surface area contributed by atoms with Crippen LogP contribution in [0.5, 0.6) is 5.75 Å². The van der Waals surface area contributed by atoms with E-state index in [4.69, 9.17) is 4.74 Å². The molecule has 1 aromatic carbocycles. The molecule has 4 heteroatoms. The number of ether oxygens (including phenoxy) is 1. The van der Waals surface area contributed by atoms with Crippen LogP contribution in [0, 0.1) is 0 Å². The summed E-state index contributed by atoms with van der Waals surface area (Å²) in [6.07, 6.45) is 2.99. The predicted molar refractivity (Wildman–Crippen MR) is 93.8 cm³/mol. The van der Waals surface area contributed by atoms with Crippen LogP contribution in [-0.2, 0) is 0 Å². The van der Waals surface area contributed by atoms with E-state index < -0.39 is 0 Å². The van der Waals surface area contributed by atoms with Crippen LogP contribution in [0.15, 0.2) is 30.5 Å². The number of fused-ring (bicyclic) bond motifs is 1. The molecule has 0 aliphatic rings. The highest BCUT2D eigenvalue weighted by molar-refractivity contribution is 5.91. The van der Waals surface area contributed by atoms with E-state index in [1.54, 1.807) is 0 Å². The SMILES string of the molecule is CCOc1ccc2c(NCCCN(CC)CC)ccnc2c1. The minimum atomic E-state index is 0.675. The van der Waals surface area contributed by atoms with E-state index in [1.807, 2.05) is 31.3 Å².